The summed E-state index contributed by atoms with van der Waals surface area (Å²) in [6.45, 7) is 3.31. The van der Waals surface area contributed by atoms with Crippen LogP contribution in [-0.2, 0) is 0 Å². The predicted molar refractivity (Wildman–Crippen MR) is 90.9 cm³/mol. The van der Waals surface area contributed by atoms with Crippen molar-refractivity contribution in [1.82, 2.24) is 10.2 Å². The third kappa shape index (κ3) is 3.51. The number of hydrogen-bond donors (Lipinski definition) is 1. The van der Waals surface area contributed by atoms with Crippen molar-refractivity contribution in [2.45, 2.75) is 6.04 Å². The number of hydrogen-bond acceptors (Lipinski definition) is 3. The van der Waals surface area contributed by atoms with Crippen LogP contribution in [0.4, 0.5) is 4.39 Å². The quantitative estimate of drug-likeness (QED) is 0.935. The SMILES string of the molecule is COc1ccc2cc([C@@H](CF)N3CCNCC3)ccc2c1.Cl. The van der Waals surface area contributed by atoms with Gasteiger partial charge in [-0.3, -0.25) is 4.90 Å². The first-order valence-electron chi connectivity index (χ1n) is 7.40. The van der Waals surface area contributed by atoms with E-state index < -0.39 is 0 Å². The summed E-state index contributed by atoms with van der Waals surface area (Å²) in [6, 6.07) is 12.0. The van der Waals surface area contributed by atoms with E-state index in [1.807, 2.05) is 24.3 Å². The molecule has 5 heteroatoms. The molecule has 1 heterocycles. The molecule has 2 aromatic carbocycles. The van der Waals surface area contributed by atoms with Gasteiger partial charge in [0.2, 0.25) is 0 Å². The van der Waals surface area contributed by atoms with Crippen LogP contribution in [0.15, 0.2) is 36.4 Å². The molecule has 1 N–H and O–H groups in total. The second-order valence-corrected chi connectivity index (χ2v) is 5.43. The van der Waals surface area contributed by atoms with Crippen molar-refractivity contribution in [3.05, 3.63) is 42.0 Å². The highest BCUT2D eigenvalue weighted by Gasteiger charge is 2.22. The highest BCUT2D eigenvalue weighted by Crippen LogP contribution is 2.27. The highest BCUT2D eigenvalue weighted by molar-refractivity contribution is 5.85. The van der Waals surface area contributed by atoms with E-state index >= 15 is 0 Å². The van der Waals surface area contributed by atoms with Crippen LogP contribution >= 0.6 is 12.4 Å². The Bertz CT molecular complexity index is 617. The number of rotatable bonds is 4. The van der Waals surface area contributed by atoms with E-state index in [-0.39, 0.29) is 25.1 Å². The number of ether oxygens (including phenoxy) is 1. The topological polar surface area (TPSA) is 24.5 Å². The van der Waals surface area contributed by atoms with Gasteiger partial charge < -0.3 is 10.1 Å². The fraction of sp³-hybridized carbons (Fsp3) is 0.412. The van der Waals surface area contributed by atoms with Crippen LogP contribution in [0.5, 0.6) is 5.75 Å². The van der Waals surface area contributed by atoms with Gasteiger partial charge >= 0.3 is 0 Å². The van der Waals surface area contributed by atoms with Gasteiger partial charge in [-0.2, -0.15) is 0 Å². The maximum absolute atomic E-state index is 13.6. The minimum absolute atomic E-state index is 0. The average molecular weight is 325 g/mol. The van der Waals surface area contributed by atoms with E-state index in [0.29, 0.717) is 0 Å². The molecule has 22 heavy (non-hydrogen) atoms. The number of halogens is 2. The summed E-state index contributed by atoms with van der Waals surface area (Å²) in [7, 11) is 1.67. The van der Waals surface area contributed by atoms with Gasteiger partial charge in [0.1, 0.15) is 12.4 Å². The number of methoxy groups -OCH3 is 1. The van der Waals surface area contributed by atoms with Crippen molar-refractivity contribution >= 4 is 23.2 Å². The molecule has 0 radical (unpaired) electrons. The summed E-state index contributed by atoms with van der Waals surface area (Å²) in [5.74, 6) is 0.847. The van der Waals surface area contributed by atoms with Gasteiger partial charge in [0.25, 0.3) is 0 Å². The van der Waals surface area contributed by atoms with E-state index in [9.17, 15) is 4.39 Å². The lowest BCUT2D eigenvalue weighted by atomic mass is 10.0. The Morgan fingerprint density at radius 3 is 2.50 bits per heavy atom. The maximum Gasteiger partial charge on any atom is 0.119 e. The summed E-state index contributed by atoms with van der Waals surface area (Å²) in [6.07, 6.45) is 0. The van der Waals surface area contributed by atoms with Crippen LogP contribution < -0.4 is 10.1 Å². The van der Waals surface area contributed by atoms with E-state index in [0.717, 1.165) is 48.3 Å². The number of nitrogens with zero attached hydrogens (tertiary/aromatic N) is 1. The van der Waals surface area contributed by atoms with Gasteiger partial charge in [-0.05, 0) is 34.5 Å². The van der Waals surface area contributed by atoms with Crippen molar-refractivity contribution in [2.24, 2.45) is 0 Å². The molecule has 3 nitrogen and oxygen atoms in total. The molecule has 1 atom stereocenters. The number of fused-ring (bicyclic) bond motifs is 1. The normalized spacial score (nSPS) is 17.0. The Balaban J connectivity index is 0.00000176. The Hall–Kier alpha value is -1.36. The van der Waals surface area contributed by atoms with Gasteiger partial charge in [0.05, 0.1) is 13.2 Å². The zero-order chi connectivity index (χ0) is 14.7. The van der Waals surface area contributed by atoms with Crippen LogP contribution in [0.2, 0.25) is 0 Å². The molecular weight excluding hydrogens is 303 g/mol. The maximum atomic E-state index is 13.6. The molecule has 0 saturated carbocycles. The molecule has 1 saturated heterocycles. The average Bonchev–Trinajstić information content (AvgIpc) is 2.56. The Kier molecular flexibility index (Phi) is 6.00. The number of alkyl halides is 1. The van der Waals surface area contributed by atoms with Gasteiger partial charge in [-0.1, -0.05) is 18.2 Å². The third-order valence-corrected chi connectivity index (χ3v) is 4.19. The molecule has 0 bridgehead atoms. The van der Waals surface area contributed by atoms with E-state index in [2.05, 4.69) is 22.3 Å². The van der Waals surface area contributed by atoms with Crippen LogP contribution in [0, 0.1) is 0 Å². The van der Waals surface area contributed by atoms with Crippen LogP contribution in [0.25, 0.3) is 10.8 Å². The highest BCUT2D eigenvalue weighted by atomic mass is 35.5. The summed E-state index contributed by atoms with van der Waals surface area (Å²) < 4.78 is 18.8. The molecule has 0 aromatic heterocycles. The first kappa shape index (κ1) is 17.0. The van der Waals surface area contributed by atoms with Gasteiger partial charge in [-0.25, -0.2) is 4.39 Å². The summed E-state index contributed by atoms with van der Waals surface area (Å²) >= 11 is 0. The molecule has 0 spiro atoms. The van der Waals surface area contributed by atoms with Gasteiger partial charge in [0.15, 0.2) is 0 Å². The Labute approximate surface area is 136 Å². The van der Waals surface area contributed by atoms with Crippen molar-refractivity contribution in [3.8, 4) is 5.75 Å². The van der Waals surface area contributed by atoms with Gasteiger partial charge in [-0.15, -0.1) is 12.4 Å². The van der Waals surface area contributed by atoms with E-state index in [4.69, 9.17) is 4.74 Å². The Morgan fingerprint density at radius 1 is 1.14 bits per heavy atom. The molecule has 0 unspecified atom stereocenters. The molecule has 0 amide bonds. The number of piperazine rings is 1. The standard InChI is InChI=1S/C17H21FN2O.ClH/c1-21-16-5-4-13-10-15(3-2-14(13)11-16)17(12-18)20-8-6-19-7-9-20;/h2-5,10-11,17,19H,6-9,12H2,1H3;1H/t17-;/m1./s1. The fourth-order valence-corrected chi connectivity index (χ4v) is 2.97. The molecule has 3 rings (SSSR count). The second kappa shape index (κ2) is 7.77. The predicted octanol–water partition coefficient (Wildman–Crippen LogP) is 3.19. The van der Waals surface area contributed by atoms with Crippen LogP contribution in [-0.4, -0.2) is 44.9 Å². The number of nitrogens with one attached hydrogen (secondary N) is 1. The van der Waals surface area contributed by atoms with E-state index in [1.54, 1.807) is 7.11 Å². The zero-order valence-electron chi connectivity index (χ0n) is 12.7. The minimum atomic E-state index is -0.346. The van der Waals surface area contributed by atoms with E-state index in [1.165, 1.54) is 0 Å². The zero-order valence-corrected chi connectivity index (χ0v) is 13.5. The first-order valence-corrected chi connectivity index (χ1v) is 7.40. The van der Waals surface area contributed by atoms with Crippen molar-refractivity contribution in [2.75, 3.05) is 40.0 Å². The van der Waals surface area contributed by atoms with Crippen LogP contribution in [0.1, 0.15) is 11.6 Å². The number of benzene rings is 2. The molecule has 2 aromatic rings. The molecule has 1 fully saturated rings. The monoisotopic (exact) mass is 324 g/mol. The van der Waals surface area contributed by atoms with Crippen molar-refractivity contribution in [3.63, 3.8) is 0 Å². The lowest BCUT2D eigenvalue weighted by Gasteiger charge is -2.33. The second-order valence-electron chi connectivity index (χ2n) is 5.43. The summed E-state index contributed by atoms with van der Waals surface area (Å²) in [5.41, 5.74) is 1.05. The lowest BCUT2D eigenvalue weighted by Crippen LogP contribution is -2.45. The van der Waals surface area contributed by atoms with Crippen LogP contribution in [0.3, 0.4) is 0 Å². The molecule has 1 aliphatic rings. The van der Waals surface area contributed by atoms with Crippen molar-refractivity contribution in [1.29, 1.82) is 0 Å². The fourth-order valence-electron chi connectivity index (χ4n) is 2.97. The van der Waals surface area contributed by atoms with Gasteiger partial charge in [0, 0.05) is 26.2 Å². The molecule has 1 aliphatic heterocycles. The summed E-state index contributed by atoms with van der Waals surface area (Å²) in [5, 5.41) is 5.56. The molecule has 120 valence electrons. The lowest BCUT2D eigenvalue weighted by molar-refractivity contribution is 0.147. The largest absolute Gasteiger partial charge is 0.497 e. The molecule has 0 aliphatic carbocycles. The Morgan fingerprint density at radius 2 is 1.82 bits per heavy atom. The minimum Gasteiger partial charge on any atom is -0.497 e. The first-order chi connectivity index (χ1) is 10.3. The summed E-state index contributed by atoms with van der Waals surface area (Å²) in [4.78, 5) is 2.22. The third-order valence-electron chi connectivity index (χ3n) is 4.19. The van der Waals surface area contributed by atoms with Crippen molar-refractivity contribution < 1.29 is 9.13 Å². The molecular formula is C17H22ClFN2O. The smallest absolute Gasteiger partial charge is 0.119 e.